The lowest BCUT2D eigenvalue weighted by molar-refractivity contribution is -0.121. The van der Waals surface area contributed by atoms with Gasteiger partial charge in [-0.25, -0.2) is 4.99 Å². The molecule has 8 heteroatoms. The average molecular weight is 535 g/mol. The number of thioether (sulfide) groups is 1. The summed E-state index contributed by atoms with van der Waals surface area (Å²) in [4.78, 5) is 25.0. The van der Waals surface area contributed by atoms with Crippen molar-refractivity contribution in [2.24, 2.45) is 4.99 Å². The SMILES string of the molecule is CCN1c2cc(OC)c(/C=C3/SC(=Nc4ccc(N5CCOCC5)cc4)N(C)C3=O)cc2C(C)CC1(C)C. The fourth-order valence-electron chi connectivity index (χ4n) is 5.88. The predicted octanol–water partition coefficient (Wildman–Crippen LogP) is 5.88. The standard InChI is InChI=1S/C30H38N4O3S/c1-7-34-25-18-26(36-6)21(16-24(25)20(2)19-30(34,3)4)17-27-28(35)32(5)29(38-27)31-22-8-10-23(11-9-22)33-12-14-37-15-13-33/h8-11,16-18,20H,7,12-15,19H2,1-6H3/b27-17+,31-29?. The second-order valence-electron chi connectivity index (χ2n) is 10.8. The van der Waals surface area contributed by atoms with Crippen LogP contribution in [0.3, 0.4) is 0 Å². The van der Waals surface area contributed by atoms with Gasteiger partial charge in [-0.1, -0.05) is 6.92 Å². The Morgan fingerprint density at radius 1 is 1.18 bits per heavy atom. The number of hydrogen-bond donors (Lipinski definition) is 0. The van der Waals surface area contributed by atoms with Crippen LogP contribution in [0.4, 0.5) is 17.1 Å². The van der Waals surface area contributed by atoms with E-state index in [1.807, 2.05) is 18.2 Å². The van der Waals surface area contributed by atoms with Gasteiger partial charge in [0, 0.05) is 55.2 Å². The van der Waals surface area contributed by atoms with Gasteiger partial charge in [0.05, 0.1) is 30.9 Å². The molecule has 2 aromatic carbocycles. The van der Waals surface area contributed by atoms with Crippen LogP contribution >= 0.6 is 11.8 Å². The van der Waals surface area contributed by atoms with Gasteiger partial charge >= 0.3 is 0 Å². The molecule has 0 N–H and O–H groups in total. The van der Waals surface area contributed by atoms with E-state index in [1.165, 1.54) is 28.7 Å². The van der Waals surface area contributed by atoms with Crippen molar-refractivity contribution in [3.8, 4) is 5.75 Å². The Balaban J connectivity index is 1.42. The highest BCUT2D eigenvalue weighted by Crippen LogP contribution is 2.46. The maximum Gasteiger partial charge on any atom is 0.266 e. The molecule has 2 fully saturated rings. The Kier molecular flexibility index (Phi) is 7.47. The molecule has 202 valence electrons. The minimum absolute atomic E-state index is 0.0529. The van der Waals surface area contributed by atoms with Crippen molar-refractivity contribution in [2.45, 2.75) is 45.6 Å². The quantitative estimate of drug-likeness (QED) is 0.447. The number of fused-ring (bicyclic) bond motifs is 1. The molecule has 38 heavy (non-hydrogen) atoms. The van der Waals surface area contributed by atoms with Gasteiger partial charge in [-0.05, 0) is 86.8 Å². The van der Waals surface area contributed by atoms with E-state index >= 15 is 0 Å². The maximum atomic E-state index is 13.2. The molecular formula is C30H38N4O3S. The highest BCUT2D eigenvalue weighted by molar-refractivity contribution is 8.18. The first-order valence-electron chi connectivity index (χ1n) is 13.4. The van der Waals surface area contributed by atoms with Gasteiger partial charge in [0.15, 0.2) is 5.17 Å². The van der Waals surface area contributed by atoms with Crippen molar-refractivity contribution in [2.75, 3.05) is 56.8 Å². The number of ether oxygens (including phenoxy) is 2. The molecular weight excluding hydrogens is 496 g/mol. The molecule has 7 nitrogen and oxygen atoms in total. The van der Waals surface area contributed by atoms with Crippen molar-refractivity contribution in [3.05, 3.63) is 52.4 Å². The summed E-state index contributed by atoms with van der Waals surface area (Å²) in [5, 5.41) is 0.671. The monoisotopic (exact) mass is 534 g/mol. The lowest BCUT2D eigenvalue weighted by Crippen LogP contribution is -2.48. The van der Waals surface area contributed by atoms with Crippen LogP contribution in [0, 0.1) is 0 Å². The van der Waals surface area contributed by atoms with Gasteiger partial charge in [-0.15, -0.1) is 0 Å². The van der Waals surface area contributed by atoms with Crippen molar-refractivity contribution in [1.29, 1.82) is 0 Å². The molecule has 0 aromatic heterocycles. The van der Waals surface area contributed by atoms with E-state index in [0.717, 1.165) is 56.3 Å². The number of amides is 1. The zero-order valence-corrected chi connectivity index (χ0v) is 24.1. The van der Waals surface area contributed by atoms with Gasteiger partial charge in [0.1, 0.15) is 5.75 Å². The van der Waals surface area contributed by atoms with Crippen molar-refractivity contribution in [3.63, 3.8) is 0 Å². The Hall–Kier alpha value is -2.97. The molecule has 0 radical (unpaired) electrons. The second-order valence-corrected chi connectivity index (χ2v) is 11.8. The molecule has 5 rings (SSSR count). The van der Waals surface area contributed by atoms with E-state index < -0.39 is 0 Å². The molecule has 0 bridgehead atoms. The first-order valence-corrected chi connectivity index (χ1v) is 14.2. The molecule has 1 atom stereocenters. The Labute approximate surface area is 230 Å². The first kappa shape index (κ1) is 26.6. The van der Waals surface area contributed by atoms with Gasteiger partial charge in [-0.2, -0.15) is 0 Å². The van der Waals surface area contributed by atoms with Crippen LogP contribution in [0.2, 0.25) is 0 Å². The maximum absolute atomic E-state index is 13.2. The van der Waals surface area contributed by atoms with Crippen LogP contribution in [-0.4, -0.2) is 68.5 Å². The van der Waals surface area contributed by atoms with E-state index in [2.05, 4.69) is 61.8 Å². The minimum atomic E-state index is -0.0529. The molecule has 0 saturated carbocycles. The van der Waals surface area contributed by atoms with E-state index in [-0.39, 0.29) is 11.4 Å². The molecule has 0 aliphatic carbocycles. The van der Waals surface area contributed by atoms with E-state index in [0.29, 0.717) is 16.0 Å². The number of carbonyl (C=O) groups excluding carboxylic acids is 1. The number of methoxy groups -OCH3 is 1. The number of likely N-dealkylation sites (N-methyl/N-ethyl adjacent to an activating group) is 1. The predicted molar refractivity (Wildman–Crippen MR) is 158 cm³/mol. The van der Waals surface area contributed by atoms with Crippen LogP contribution in [0.15, 0.2) is 46.3 Å². The molecule has 1 unspecified atom stereocenters. The number of benzene rings is 2. The Morgan fingerprint density at radius 3 is 2.55 bits per heavy atom. The van der Waals surface area contributed by atoms with Crippen LogP contribution in [0.5, 0.6) is 5.75 Å². The summed E-state index contributed by atoms with van der Waals surface area (Å²) in [5.74, 6) is 1.14. The minimum Gasteiger partial charge on any atom is -0.496 e. The van der Waals surface area contributed by atoms with Gasteiger partial charge in [0.2, 0.25) is 0 Å². The van der Waals surface area contributed by atoms with Crippen molar-refractivity contribution < 1.29 is 14.3 Å². The number of nitrogens with zero attached hydrogens (tertiary/aromatic N) is 4. The molecule has 0 spiro atoms. The highest BCUT2D eigenvalue weighted by Gasteiger charge is 2.36. The molecule has 2 saturated heterocycles. The number of morpholine rings is 1. The largest absolute Gasteiger partial charge is 0.496 e. The summed E-state index contributed by atoms with van der Waals surface area (Å²) in [5.41, 5.74) is 5.53. The van der Waals surface area contributed by atoms with Crippen molar-refractivity contribution in [1.82, 2.24) is 4.90 Å². The zero-order valence-electron chi connectivity index (χ0n) is 23.3. The lowest BCUT2D eigenvalue weighted by atomic mass is 9.79. The lowest BCUT2D eigenvalue weighted by Gasteiger charge is -2.47. The molecule has 1 amide bonds. The van der Waals surface area contributed by atoms with E-state index in [9.17, 15) is 4.79 Å². The first-order chi connectivity index (χ1) is 18.2. The van der Waals surface area contributed by atoms with Crippen LogP contribution in [-0.2, 0) is 9.53 Å². The highest BCUT2D eigenvalue weighted by atomic mass is 32.2. The fourth-order valence-corrected chi connectivity index (χ4v) is 6.86. The summed E-state index contributed by atoms with van der Waals surface area (Å²) in [6, 6.07) is 12.5. The topological polar surface area (TPSA) is 57.6 Å². The van der Waals surface area contributed by atoms with Crippen molar-refractivity contribution >= 4 is 46.0 Å². The van der Waals surface area contributed by atoms with Gasteiger partial charge in [-0.3, -0.25) is 9.69 Å². The molecule has 2 aromatic rings. The Bertz CT molecular complexity index is 1270. The Morgan fingerprint density at radius 2 is 1.89 bits per heavy atom. The van der Waals surface area contributed by atoms with Gasteiger partial charge in [0.25, 0.3) is 5.91 Å². The number of carbonyl (C=O) groups is 1. The number of rotatable bonds is 5. The summed E-state index contributed by atoms with van der Waals surface area (Å²) in [6.45, 7) is 13.3. The summed E-state index contributed by atoms with van der Waals surface area (Å²) in [7, 11) is 3.48. The van der Waals surface area contributed by atoms with Crippen LogP contribution < -0.4 is 14.5 Å². The summed E-state index contributed by atoms with van der Waals surface area (Å²) >= 11 is 1.41. The van der Waals surface area contributed by atoms with Gasteiger partial charge < -0.3 is 19.3 Å². The van der Waals surface area contributed by atoms with E-state index in [1.54, 1.807) is 19.1 Å². The number of hydrogen-bond acceptors (Lipinski definition) is 7. The molecule has 3 heterocycles. The summed E-state index contributed by atoms with van der Waals surface area (Å²) < 4.78 is 11.3. The number of anilines is 2. The number of amidine groups is 1. The number of aliphatic imine (C=N–C) groups is 1. The third-order valence-electron chi connectivity index (χ3n) is 7.79. The second kappa shape index (κ2) is 10.7. The average Bonchev–Trinajstić information content (AvgIpc) is 3.17. The smallest absolute Gasteiger partial charge is 0.266 e. The third kappa shape index (κ3) is 5.04. The van der Waals surface area contributed by atoms with E-state index in [4.69, 9.17) is 14.5 Å². The summed E-state index contributed by atoms with van der Waals surface area (Å²) in [6.07, 6.45) is 3.03. The normalized spacial score (nSPS) is 23.4. The van der Waals surface area contributed by atoms with Crippen LogP contribution in [0.25, 0.3) is 6.08 Å². The molecule has 3 aliphatic heterocycles. The zero-order chi connectivity index (χ0) is 27.0. The third-order valence-corrected chi connectivity index (χ3v) is 8.85. The molecule has 3 aliphatic rings. The van der Waals surface area contributed by atoms with Crippen LogP contribution in [0.1, 0.15) is 51.2 Å². The fraction of sp³-hybridized carbons (Fsp3) is 0.467.